The van der Waals surface area contributed by atoms with Gasteiger partial charge in [0.25, 0.3) is 5.91 Å². The van der Waals surface area contributed by atoms with Crippen LogP contribution in [0, 0.1) is 0 Å². The molecule has 136 valence electrons. The van der Waals surface area contributed by atoms with Crippen LogP contribution in [-0.4, -0.2) is 31.0 Å². The molecule has 1 aliphatic heterocycles. The maximum Gasteiger partial charge on any atom is 0.265 e. The number of carbonyl (C=O) groups excluding carboxylic acids is 2. The second kappa shape index (κ2) is 8.52. The van der Waals surface area contributed by atoms with Crippen LogP contribution in [0.1, 0.15) is 25.3 Å². The average molecular weight is 352 g/mol. The highest BCUT2D eigenvalue weighted by molar-refractivity contribution is 5.98. The summed E-state index contributed by atoms with van der Waals surface area (Å²) >= 11 is 0. The van der Waals surface area contributed by atoms with E-state index >= 15 is 0 Å². The molecule has 0 spiro atoms. The Kier molecular flexibility index (Phi) is 5.89. The summed E-state index contributed by atoms with van der Waals surface area (Å²) in [5.41, 5.74) is 2.00. The Labute approximate surface area is 154 Å². The third kappa shape index (κ3) is 4.63. The minimum absolute atomic E-state index is 0.0200. The van der Waals surface area contributed by atoms with Crippen LogP contribution in [0.15, 0.2) is 54.6 Å². The number of ether oxygens (including phenoxy) is 1. The van der Waals surface area contributed by atoms with Gasteiger partial charge in [-0.2, -0.15) is 0 Å². The Bertz CT molecular complexity index is 761. The maximum atomic E-state index is 12.2. The van der Waals surface area contributed by atoms with Gasteiger partial charge in [0.05, 0.1) is 5.69 Å². The van der Waals surface area contributed by atoms with Gasteiger partial charge in [-0.1, -0.05) is 42.5 Å². The number of aryl methyl sites for hydroxylation is 1. The third-order valence-corrected chi connectivity index (χ3v) is 4.49. The molecule has 1 aliphatic rings. The van der Waals surface area contributed by atoms with E-state index in [1.165, 1.54) is 5.56 Å². The number of nitrogens with one attached hydrogen (secondary N) is 1. The largest absolute Gasteiger partial charge is 0.482 e. The number of para-hydroxylation sites is 2. The van der Waals surface area contributed by atoms with Gasteiger partial charge in [-0.3, -0.25) is 9.59 Å². The van der Waals surface area contributed by atoms with Crippen LogP contribution < -0.4 is 15.0 Å². The quantitative estimate of drug-likeness (QED) is 0.833. The third-order valence-electron chi connectivity index (χ3n) is 4.49. The molecule has 0 unspecified atom stereocenters. The van der Waals surface area contributed by atoms with Crippen molar-refractivity contribution < 1.29 is 14.3 Å². The predicted octanol–water partition coefficient (Wildman–Crippen LogP) is 2.94. The first-order valence-electron chi connectivity index (χ1n) is 8.99. The van der Waals surface area contributed by atoms with E-state index in [0.717, 1.165) is 18.5 Å². The van der Waals surface area contributed by atoms with Crippen molar-refractivity contribution in [1.29, 1.82) is 0 Å². The lowest BCUT2D eigenvalue weighted by molar-refractivity contribution is -0.122. The highest BCUT2D eigenvalue weighted by Crippen LogP contribution is 2.31. The van der Waals surface area contributed by atoms with Gasteiger partial charge in [0, 0.05) is 19.0 Å². The van der Waals surface area contributed by atoms with E-state index in [4.69, 9.17) is 4.74 Å². The minimum atomic E-state index is -0.117. The van der Waals surface area contributed by atoms with Gasteiger partial charge in [0.1, 0.15) is 5.75 Å². The standard InChI is InChI=1S/C21H24N2O3/c1-16(11-12-17-7-3-2-4-8-17)22-20(24)13-14-23-18-9-5-6-10-19(18)26-15-21(23)25/h2-10,16H,11-15H2,1H3,(H,22,24)/t16-/m0/s1. The van der Waals surface area contributed by atoms with Crippen LogP contribution in [-0.2, 0) is 16.0 Å². The number of hydrogen-bond acceptors (Lipinski definition) is 3. The molecule has 2 aromatic carbocycles. The van der Waals surface area contributed by atoms with Crippen LogP contribution in [0.2, 0.25) is 0 Å². The number of nitrogens with zero attached hydrogens (tertiary/aromatic N) is 1. The van der Waals surface area contributed by atoms with E-state index < -0.39 is 0 Å². The van der Waals surface area contributed by atoms with E-state index in [1.807, 2.05) is 49.4 Å². The fourth-order valence-electron chi connectivity index (χ4n) is 3.06. The molecule has 5 nitrogen and oxygen atoms in total. The molecule has 0 fully saturated rings. The fourth-order valence-corrected chi connectivity index (χ4v) is 3.06. The number of anilines is 1. The zero-order chi connectivity index (χ0) is 18.4. The second-order valence-corrected chi connectivity index (χ2v) is 6.54. The lowest BCUT2D eigenvalue weighted by Crippen LogP contribution is -2.42. The van der Waals surface area contributed by atoms with Crippen LogP contribution >= 0.6 is 0 Å². The second-order valence-electron chi connectivity index (χ2n) is 6.54. The Morgan fingerprint density at radius 2 is 1.88 bits per heavy atom. The van der Waals surface area contributed by atoms with Gasteiger partial charge in [0.2, 0.25) is 5.91 Å². The first-order valence-corrected chi connectivity index (χ1v) is 8.99. The van der Waals surface area contributed by atoms with Gasteiger partial charge in [0.15, 0.2) is 6.61 Å². The number of fused-ring (bicyclic) bond motifs is 1. The molecule has 1 N–H and O–H groups in total. The smallest absolute Gasteiger partial charge is 0.265 e. The van der Waals surface area contributed by atoms with E-state index in [-0.39, 0.29) is 30.9 Å². The molecule has 26 heavy (non-hydrogen) atoms. The lowest BCUT2D eigenvalue weighted by Gasteiger charge is -2.29. The highest BCUT2D eigenvalue weighted by atomic mass is 16.5. The molecule has 2 amide bonds. The summed E-state index contributed by atoms with van der Waals surface area (Å²) < 4.78 is 5.42. The fraction of sp³-hybridized carbons (Fsp3) is 0.333. The summed E-state index contributed by atoms with van der Waals surface area (Å²) in [5.74, 6) is 0.527. The summed E-state index contributed by atoms with van der Waals surface area (Å²) in [7, 11) is 0. The van der Waals surface area contributed by atoms with Crippen LogP contribution in [0.3, 0.4) is 0 Å². The van der Waals surface area contributed by atoms with Crippen LogP contribution in [0.25, 0.3) is 0 Å². The van der Waals surface area contributed by atoms with Gasteiger partial charge < -0.3 is 15.0 Å². The zero-order valence-electron chi connectivity index (χ0n) is 15.0. The van der Waals surface area contributed by atoms with Crippen molar-refractivity contribution in [1.82, 2.24) is 5.32 Å². The molecule has 0 saturated carbocycles. The van der Waals surface area contributed by atoms with Crippen molar-refractivity contribution in [2.24, 2.45) is 0 Å². The Hall–Kier alpha value is -2.82. The Morgan fingerprint density at radius 1 is 1.15 bits per heavy atom. The molecular formula is C21H24N2O3. The summed E-state index contributed by atoms with van der Waals surface area (Å²) in [6.45, 7) is 2.39. The summed E-state index contributed by atoms with van der Waals surface area (Å²) in [5, 5.41) is 3.02. The molecule has 0 aliphatic carbocycles. The van der Waals surface area contributed by atoms with Crippen LogP contribution in [0.4, 0.5) is 5.69 Å². The van der Waals surface area contributed by atoms with Crippen LogP contribution in [0.5, 0.6) is 5.75 Å². The predicted molar refractivity (Wildman–Crippen MR) is 101 cm³/mol. The number of carbonyl (C=O) groups is 2. The molecular weight excluding hydrogens is 328 g/mol. The lowest BCUT2D eigenvalue weighted by atomic mass is 10.1. The van der Waals surface area contributed by atoms with Crippen molar-refractivity contribution >= 4 is 17.5 Å². The molecule has 0 radical (unpaired) electrons. The molecule has 1 heterocycles. The van der Waals surface area contributed by atoms with Gasteiger partial charge >= 0.3 is 0 Å². The summed E-state index contributed by atoms with van der Waals surface area (Å²) in [6.07, 6.45) is 2.09. The summed E-state index contributed by atoms with van der Waals surface area (Å²) in [4.78, 5) is 26.0. The average Bonchev–Trinajstić information content (AvgIpc) is 2.66. The van der Waals surface area contributed by atoms with Crippen molar-refractivity contribution in [2.75, 3.05) is 18.1 Å². The van der Waals surface area contributed by atoms with Gasteiger partial charge in [-0.05, 0) is 37.5 Å². The minimum Gasteiger partial charge on any atom is -0.482 e. The molecule has 0 bridgehead atoms. The number of benzene rings is 2. The maximum absolute atomic E-state index is 12.2. The molecule has 3 rings (SSSR count). The highest BCUT2D eigenvalue weighted by Gasteiger charge is 2.25. The van der Waals surface area contributed by atoms with E-state index in [0.29, 0.717) is 12.3 Å². The Morgan fingerprint density at radius 3 is 2.69 bits per heavy atom. The monoisotopic (exact) mass is 352 g/mol. The van der Waals surface area contributed by atoms with Crippen molar-refractivity contribution in [2.45, 2.75) is 32.2 Å². The zero-order valence-corrected chi connectivity index (χ0v) is 15.0. The van der Waals surface area contributed by atoms with Gasteiger partial charge in [-0.25, -0.2) is 0 Å². The summed E-state index contributed by atoms with van der Waals surface area (Å²) in [6, 6.07) is 17.7. The van der Waals surface area contributed by atoms with E-state index in [2.05, 4.69) is 17.4 Å². The topological polar surface area (TPSA) is 58.6 Å². The molecule has 0 aromatic heterocycles. The van der Waals surface area contributed by atoms with E-state index in [9.17, 15) is 9.59 Å². The van der Waals surface area contributed by atoms with Crippen molar-refractivity contribution in [3.05, 3.63) is 60.2 Å². The molecule has 5 heteroatoms. The van der Waals surface area contributed by atoms with E-state index in [1.54, 1.807) is 4.90 Å². The number of amides is 2. The SMILES string of the molecule is C[C@@H](CCc1ccccc1)NC(=O)CCN1C(=O)COc2ccccc21. The first kappa shape index (κ1) is 18.0. The Balaban J connectivity index is 1.47. The number of rotatable bonds is 7. The van der Waals surface area contributed by atoms with Crippen molar-refractivity contribution in [3.63, 3.8) is 0 Å². The van der Waals surface area contributed by atoms with Crippen molar-refractivity contribution in [3.8, 4) is 5.75 Å². The molecule has 1 atom stereocenters. The first-order chi connectivity index (χ1) is 12.6. The number of hydrogen-bond donors (Lipinski definition) is 1. The van der Waals surface area contributed by atoms with Gasteiger partial charge in [-0.15, -0.1) is 0 Å². The molecule has 0 saturated heterocycles. The normalized spacial score (nSPS) is 14.3. The molecule has 2 aromatic rings.